The fraction of sp³-hybridized carbons (Fsp3) is 0.500. The first-order valence-corrected chi connectivity index (χ1v) is 7.62. The van der Waals surface area contributed by atoms with E-state index in [9.17, 15) is 9.59 Å². The minimum atomic E-state index is -0.0982. The van der Waals surface area contributed by atoms with E-state index in [1.807, 2.05) is 23.1 Å². The van der Waals surface area contributed by atoms with Crippen molar-refractivity contribution in [3.05, 3.63) is 34.9 Å². The number of fused-ring (bicyclic) bond motifs is 1. The summed E-state index contributed by atoms with van der Waals surface area (Å²) in [6.45, 7) is 3.84. The van der Waals surface area contributed by atoms with Gasteiger partial charge in [-0.15, -0.1) is 0 Å². The molecule has 112 valence electrons. The van der Waals surface area contributed by atoms with Crippen LogP contribution in [0.5, 0.6) is 0 Å². The number of hydrogen-bond acceptors (Lipinski definition) is 3. The lowest BCUT2D eigenvalue weighted by Gasteiger charge is -2.15. The Morgan fingerprint density at radius 1 is 1.14 bits per heavy atom. The number of hydrogen-bond donors (Lipinski definition) is 2. The first kappa shape index (κ1) is 14.1. The molecule has 1 saturated heterocycles. The maximum absolute atomic E-state index is 12.1. The van der Waals surface area contributed by atoms with Gasteiger partial charge in [0, 0.05) is 44.7 Å². The molecule has 2 aliphatic heterocycles. The minimum absolute atomic E-state index is 0.0982. The quantitative estimate of drug-likeness (QED) is 0.869. The molecule has 0 saturated carbocycles. The summed E-state index contributed by atoms with van der Waals surface area (Å²) in [7, 11) is 0. The number of nitrogens with zero attached hydrogens (tertiary/aromatic N) is 1. The van der Waals surface area contributed by atoms with Crippen molar-refractivity contribution in [3.63, 3.8) is 0 Å². The molecule has 5 heteroatoms. The fourth-order valence-electron chi connectivity index (χ4n) is 2.95. The van der Waals surface area contributed by atoms with Crippen molar-refractivity contribution in [1.29, 1.82) is 0 Å². The van der Waals surface area contributed by atoms with Gasteiger partial charge in [0.2, 0.25) is 5.91 Å². The Hall–Kier alpha value is -1.88. The first-order valence-electron chi connectivity index (χ1n) is 7.62. The molecule has 2 aliphatic rings. The third-order valence-corrected chi connectivity index (χ3v) is 4.18. The summed E-state index contributed by atoms with van der Waals surface area (Å²) in [4.78, 5) is 25.9. The van der Waals surface area contributed by atoms with Gasteiger partial charge in [-0.1, -0.05) is 6.07 Å². The van der Waals surface area contributed by atoms with Crippen molar-refractivity contribution in [2.75, 3.05) is 19.6 Å². The van der Waals surface area contributed by atoms with Gasteiger partial charge >= 0.3 is 0 Å². The molecule has 1 aromatic rings. The smallest absolute Gasteiger partial charge is 0.251 e. The third-order valence-electron chi connectivity index (χ3n) is 4.18. The summed E-state index contributed by atoms with van der Waals surface area (Å²) in [6.07, 6.45) is 2.58. The molecule has 0 aliphatic carbocycles. The number of rotatable bonds is 4. The average molecular weight is 287 g/mol. The Labute approximate surface area is 124 Å². The number of carbonyl (C=O) groups is 2. The van der Waals surface area contributed by atoms with Crippen molar-refractivity contribution in [2.45, 2.75) is 32.4 Å². The molecule has 3 rings (SSSR count). The second-order valence-electron chi connectivity index (χ2n) is 5.68. The second-order valence-corrected chi connectivity index (χ2v) is 5.68. The maximum Gasteiger partial charge on any atom is 0.251 e. The second kappa shape index (κ2) is 6.26. The molecule has 21 heavy (non-hydrogen) atoms. The highest BCUT2D eigenvalue weighted by molar-refractivity contribution is 5.94. The van der Waals surface area contributed by atoms with Gasteiger partial charge in [0.15, 0.2) is 0 Å². The monoisotopic (exact) mass is 287 g/mol. The van der Waals surface area contributed by atoms with Crippen LogP contribution < -0.4 is 10.6 Å². The van der Waals surface area contributed by atoms with Crippen LogP contribution in [0.1, 0.15) is 40.7 Å². The lowest BCUT2D eigenvalue weighted by atomic mass is 10.1. The summed E-state index contributed by atoms with van der Waals surface area (Å²) in [6, 6.07) is 5.79. The average Bonchev–Trinajstić information content (AvgIpc) is 3.17. The number of carbonyl (C=O) groups excluding carboxylic acids is 2. The molecule has 0 spiro atoms. The van der Waals surface area contributed by atoms with E-state index in [2.05, 4.69) is 10.6 Å². The molecule has 2 N–H and O–H groups in total. The number of benzene rings is 1. The van der Waals surface area contributed by atoms with E-state index in [0.717, 1.165) is 39.0 Å². The topological polar surface area (TPSA) is 61.4 Å². The van der Waals surface area contributed by atoms with Gasteiger partial charge in [-0.2, -0.15) is 0 Å². The minimum Gasteiger partial charge on any atom is -0.352 e. The van der Waals surface area contributed by atoms with E-state index in [1.165, 1.54) is 11.1 Å². The molecule has 5 nitrogen and oxygen atoms in total. The molecule has 0 bridgehead atoms. The summed E-state index contributed by atoms with van der Waals surface area (Å²) in [5.41, 5.74) is 3.12. The van der Waals surface area contributed by atoms with Gasteiger partial charge in [0.05, 0.1) is 0 Å². The van der Waals surface area contributed by atoms with E-state index in [0.29, 0.717) is 18.5 Å². The Morgan fingerprint density at radius 2 is 1.90 bits per heavy atom. The van der Waals surface area contributed by atoms with Crippen molar-refractivity contribution in [3.8, 4) is 0 Å². The van der Waals surface area contributed by atoms with Crippen molar-refractivity contribution >= 4 is 11.8 Å². The van der Waals surface area contributed by atoms with Crippen LogP contribution in [0.15, 0.2) is 18.2 Å². The standard InChI is InChI=1S/C16H21N3O2/c20-15(19-7-1-2-8-19)5-6-18-16(21)12-3-4-13-10-17-11-14(13)9-12/h3-4,9,17H,1-2,5-8,10-11H2,(H,18,21). The maximum atomic E-state index is 12.1. The SMILES string of the molecule is O=C(NCCC(=O)N1CCCC1)c1ccc2c(c1)CNC2. The highest BCUT2D eigenvalue weighted by Gasteiger charge is 2.18. The van der Waals surface area contributed by atoms with Crippen LogP contribution in [0.3, 0.4) is 0 Å². The molecule has 2 amide bonds. The van der Waals surface area contributed by atoms with Crippen molar-refractivity contribution in [2.24, 2.45) is 0 Å². The molecular formula is C16H21N3O2. The van der Waals surface area contributed by atoms with Crippen LogP contribution in [-0.4, -0.2) is 36.3 Å². The highest BCUT2D eigenvalue weighted by atomic mass is 16.2. The largest absolute Gasteiger partial charge is 0.352 e. The van der Waals surface area contributed by atoms with E-state index in [4.69, 9.17) is 0 Å². The Balaban J connectivity index is 1.49. The Bertz CT molecular complexity index is 550. The zero-order valence-electron chi connectivity index (χ0n) is 12.2. The van der Waals surface area contributed by atoms with Gasteiger partial charge in [0.25, 0.3) is 5.91 Å². The summed E-state index contributed by atoms with van der Waals surface area (Å²) >= 11 is 0. The molecule has 0 radical (unpaired) electrons. The molecule has 1 fully saturated rings. The van der Waals surface area contributed by atoms with Crippen LogP contribution in [0, 0.1) is 0 Å². The lowest BCUT2D eigenvalue weighted by molar-refractivity contribution is -0.129. The van der Waals surface area contributed by atoms with Crippen LogP contribution >= 0.6 is 0 Å². The van der Waals surface area contributed by atoms with Gasteiger partial charge in [0.1, 0.15) is 0 Å². The van der Waals surface area contributed by atoms with Crippen LogP contribution in [0.2, 0.25) is 0 Å². The summed E-state index contributed by atoms with van der Waals surface area (Å²) < 4.78 is 0. The van der Waals surface area contributed by atoms with Gasteiger partial charge in [-0.05, 0) is 36.1 Å². The number of amides is 2. The fourth-order valence-corrected chi connectivity index (χ4v) is 2.95. The first-order chi connectivity index (χ1) is 10.2. The van der Waals surface area contributed by atoms with Crippen molar-refractivity contribution < 1.29 is 9.59 Å². The van der Waals surface area contributed by atoms with Crippen LogP contribution in [0.25, 0.3) is 0 Å². The van der Waals surface area contributed by atoms with Gasteiger partial charge in [-0.25, -0.2) is 0 Å². The normalized spacial score (nSPS) is 16.9. The zero-order chi connectivity index (χ0) is 14.7. The Morgan fingerprint density at radius 3 is 2.71 bits per heavy atom. The lowest BCUT2D eigenvalue weighted by Crippen LogP contribution is -2.32. The van der Waals surface area contributed by atoms with Gasteiger partial charge in [-0.3, -0.25) is 9.59 Å². The molecule has 0 aromatic heterocycles. The predicted octanol–water partition coefficient (Wildman–Crippen LogP) is 1.03. The molecule has 1 aromatic carbocycles. The third kappa shape index (κ3) is 3.24. The number of nitrogens with one attached hydrogen (secondary N) is 2. The highest BCUT2D eigenvalue weighted by Crippen LogP contribution is 2.17. The van der Waals surface area contributed by atoms with E-state index in [1.54, 1.807) is 0 Å². The van der Waals surface area contributed by atoms with Gasteiger partial charge < -0.3 is 15.5 Å². The summed E-state index contributed by atoms with van der Waals surface area (Å²) in [5, 5.41) is 6.10. The van der Waals surface area contributed by atoms with E-state index in [-0.39, 0.29) is 11.8 Å². The number of likely N-dealkylation sites (tertiary alicyclic amines) is 1. The summed E-state index contributed by atoms with van der Waals surface area (Å²) in [5.74, 6) is 0.0462. The van der Waals surface area contributed by atoms with Crippen LogP contribution in [-0.2, 0) is 17.9 Å². The van der Waals surface area contributed by atoms with E-state index < -0.39 is 0 Å². The predicted molar refractivity (Wildman–Crippen MR) is 79.7 cm³/mol. The molecule has 0 unspecified atom stereocenters. The molecule has 2 heterocycles. The van der Waals surface area contributed by atoms with E-state index >= 15 is 0 Å². The van der Waals surface area contributed by atoms with Crippen LogP contribution in [0.4, 0.5) is 0 Å². The Kier molecular flexibility index (Phi) is 4.20. The molecular weight excluding hydrogens is 266 g/mol. The zero-order valence-corrected chi connectivity index (χ0v) is 12.2. The molecule has 0 atom stereocenters. The van der Waals surface area contributed by atoms with Crippen molar-refractivity contribution in [1.82, 2.24) is 15.5 Å².